The van der Waals surface area contributed by atoms with Gasteiger partial charge in [0, 0.05) is 20.1 Å². The number of alkyl halides is 3. The van der Waals surface area contributed by atoms with Crippen LogP contribution in [0.1, 0.15) is 13.3 Å². The number of carbonyl (C=O) groups is 1. The van der Waals surface area contributed by atoms with Crippen LogP contribution < -0.4 is 0 Å². The Balaban J connectivity index is 4.32. The average molecular weight is 230 g/mol. The molecule has 0 aliphatic heterocycles. The van der Waals surface area contributed by atoms with Crippen LogP contribution in [0.25, 0.3) is 0 Å². The van der Waals surface area contributed by atoms with Crippen molar-refractivity contribution in [2.75, 3.05) is 20.3 Å². The number of carboxylic acid groups (broad SMARTS) is 1. The predicted octanol–water partition coefficient (Wildman–Crippen LogP) is 1.45. The Bertz CT molecular complexity index is 216. The van der Waals surface area contributed by atoms with Crippen LogP contribution in [-0.4, -0.2) is 43.2 Å². The summed E-state index contributed by atoms with van der Waals surface area (Å²) >= 11 is 0. The first kappa shape index (κ1) is 14.2. The number of ether oxygens (including phenoxy) is 2. The highest BCUT2D eigenvalue weighted by Gasteiger charge is 2.39. The summed E-state index contributed by atoms with van der Waals surface area (Å²) in [4.78, 5) is 10.7. The second-order valence-corrected chi connectivity index (χ2v) is 3.18. The second-order valence-electron chi connectivity index (χ2n) is 3.18. The lowest BCUT2D eigenvalue weighted by Gasteiger charge is -2.25. The minimum Gasteiger partial charge on any atom is -0.479 e. The Kier molecular flexibility index (Phi) is 5.02. The maximum atomic E-state index is 11.8. The van der Waals surface area contributed by atoms with E-state index in [0.717, 1.165) is 6.92 Å². The Morgan fingerprint density at radius 1 is 1.40 bits per heavy atom. The summed E-state index contributed by atoms with van der Waals surface area (Å²) < 4.78 is 44.4. The van der Waals surface area contributed by atoms with Crippen LogP contribution in [0.3, 0.4) is 0 Å². The van der Waals surface area contributed by atoms with Gasteiger partial charge in [0.1, 0.15) is 6.61 Å². The topological polar surface area (TPSA) is 55.8 Å². The van der Waals surface area contributed by atoms with Gasteiger partial charge in [0.25, 0.3) is 0 Å². The molecule has 0 bridgehead atoms. The summed E-state index contributed by atoms with van der Waals surface area (Å²) in [5, 5.41) is 8.71. The molecule has 0 fully saturated rings. The molecule has 0 amide bonds. The Morgan fingerprint density at radius 3 is 2.27 bits per heavy atom. The molecule has 0 aliphatic carbocycles. The van der Waals surface area contributed by atoms with E-state index in [9.17, 15) is 18.0 Å². The van der Waals surface area contributed by atoms with E-state index < -0.39 is 24.4 Å². The standard InChI is InChI=1S/C8H13F3O4/c1-7(6(12)13,3-4-14-2)15-5-8(9,10)11/h3-5H2,1-2H3,(H,12,13). The van der Waals surface area contributed by atoms with Gasteiger partial charge in [0.05, 0.1) is 0 Å². The van der Waals surface area contributed by atoms with Crippen LogP contribution in [0.2, 0.25) is 0 Å². The fourth-order valence-corrected chi connectivity index (χ4v) is 0.779. The van der Waals surface area contributed by atoms with Gasteiger partial charge in [-0.2, -0.15) is 13.2 Å². The van der Waals surface area contributed by atoms with Crippen molar-refractivity contribution in [2.24, 2.45) is 0 Å². The van der Waals surface area contributed by atoms with Gasteiger partial charge in [0.15, 0.2) is 5.60 Å². The van der Waals surface area contributed by atoms with E-state index in [2.05, 4.69) is 9.47 Å². The number of halogens is 3. The van der Waals surface area contributed by atoms with Gasteiger partial charge >= 0.3 is 12.1 Å². The highest BCUT2D eigenvalue weighted by atomic mass is 19.4. The fraction of sp³-hybridized carbons (Fsp3) is 0.875. The third kappa shape index (κ3) is 5.58. The Labute approximate surface area is 85.0 Å². The smallest absolute Gasteiger partial charge is 0.411 e. The van der Waals surface area contributed by atoms with E-state index in [4.69, 9.17) is 5.11 Å². The van der Waals surface area contributed by atoms with Crippen LogP contribution >= 0.6 is 0 Å². The normalized spacial score (nSPS) is 16.1. The molecule has 7 heteroatoms. The molecule has 1 N–H and O–H groups in total. The van der Waals surface area contributed by atoms with Crippen molar-refractivity contribution in [1.82, 2.24) is 0 Å². The summed E-state index contributed by atoms with van der Waals surface area (Å²) in [7, 11) is 1.33. The molecule has 0 spiro atoms. The highest BCUT2D eigenvalue weighted by molar-refractivity contribution is 5.76. The van der Waals surface area contributed by atoms with Crippen molar-refractivity contribution >= 4 is 5.97 Å². The molecule has 90 valence electrons. The first-order valence-electron chi connectivity index (χ1n) is 4.14. The monoisotopic (exact) mass is 230 g/mol. The average Bonchev–Trinajstić information content (AvgIpc) is 2.10. The number of hydrogen-bond acceptors (Lipinski definition) is 3. The molecular formula is C8H13F3O4. The van der Waals surface area contributed by atoms with Gasteiger partial charge in [-0.3, -0.25) is 0 Å². The van der Waals surface area contributed by atoms with Gasteiger partial charge in [-0.1, -0.05) is 0 Å². The van der Waals surface area contributed by atoms with Crippen LogP contribution in [0.5, 0.6) is 0 Å². The van der Waals surface area contributed by atoms with Crippen molar-refractivity contribution in [3.8, 4) is 0 Å². The molecule has 1 atom stereocenters. The van der Waals surface area contributed by atoms with Gasteiger partial charge in [-0.25, -0.2) is 4.79 Å². The lowest BCUT2D eigenvalue weighted by Crippen LogP contribution is -2.42. The molecule has 0 aliphatic rings. The molecule has 15 heavy (non-hydrogen) atoms. The minimum absolute atomic E-state index is 0.0145. The maximum absolute atomic E-state index is 11.8. The molecule has 1 unspecified atom stereocenters. The first-order valence-corrected chi connectivity index (χ1v) is 4.14. The first-order chi connectivity index (χ1) is 6.71. The molecule has 0 heterocycles. The SMILES string of the molecule is COCCC(C)(OCC(F)(F)F)C(=O)O. The predicted molar refractivity (Wildman–Crippen MR) is 44.5 cm³/mol. The summed E-state index contributed by atoms with van der Waals surface area (Å²) in [6, 6.07) is 0. The Morgan fingerprint density at radius 2 is 1.93 bits per heavy atom. The minimum atomic E-state index is -4.54. The summed E-state index contributed by atoms with van der Waals surface area (Å²) in [5.41, 5.74) is -1.87. The van der Waals surface area contributed by atoms with E-state index in [1.807, 2.05) is 0 Å². The molecule has 0 radical (unpaired) electrons. The third-order valence-electron chi connectivity index (χ3n) is 1.79. The van der Waals surface area contributed by atoms with Crippen molar-refractivity contribution in [1.29, 1.82) is 0 Å². The zero-order valence-electron chi connectivity index (χ0n) is 8.43. The number of rotatable bonds is 6. The highest BCUT2D eigenvalue weighted by Crippen LogP contribution is 2.22. The fourth-order valence-electron chi connectivity index (χ4n) is 0.779. The van der Waals surface area contributed by atoms with E-state index in [-0.39, 0.29) is 13.0 Å². The summed E-state index contributed by atoms with van der Waals surface area (Å²) in [6.07, 6.45) is -4.68. The zero-order valence-corrected chi connectivity index (χ0v) is 8.43. The number of hydrogen-bond donors (Lipinski definition) is 1. The van der Waals surface area contributed by atoms with Crippen LogP contribution in [0.4, 0.5) is 13.2 Å². The molecular weight excluding hydrogens is 217 g/mol. The van der Waals surface area contributed by atoms with Crippen molar-refractivity contribution in [3.63, 3.8) is 0 Å². The summed E-state index contributed by atoms with van der Waals surface area (Å²) in [6.45, 7) is -0.486. The van der Waals surface area contributed by atoms with Gasteiger partial charge in [-0.15, -0.1) is 0 Å². The Hall–Kier alpha value is -0.820. The number of carboxylic acids is 1. The van der Waals surface area contributed by atoms with E-state index in [1.54, 1.807) is 0 Å². The second kappa shape index (κ2) is 5.32. The van der Waals surface area contributed by atoms with E-state index in [1.165, 1.54) is 7.11 Å². The van der Waals surface area contributed by atoms with Crippen molar-refractivity contribution in [3.05, 3.63) is 0 Å². The van der Waals surface area contributed by atoms with Gasteiger partial charge in [-0.05, 0) is 6.92 Å². The maximum Gasteiger partial charge on any atom is 0.411 e. The summed E-state index contributed by atoms with van der Waals surface area (Å²) in [5.74, 6) is -1.44. The third-order valence-corrected chi connectivity index (χ3v) is 1.79. The molecule has 0 aromatic carbocycles. The lowest BCUT2D eigenvalue weighted by atomic mass is 10.0. The lowest BCUT2D eigenvalue weighted by molar-refractivity contribution is -0.212. The van der Waals surface area contributed by atoms with Crippen LogP contribution in [0.15, 0.2) is 0 Å². The number of methoxy groups -OCH3 is 1. The van der Waals surface area contributed by atoms with Crippen molar-refractivity contribution in [2.45, 2.75) is 25.1 Å². The van der Waals surface area contributed by atoms with Crippen LogP contribution in [0, 0.1) is 0 Å². The molecule has 0 saturated carbocycles. The van der Waals surface area contributed by atoms with Gasteiger partial charge < -0.3 is 14.6 Å². The van der Waals surface area contributed by atoms with E-state index >= 15 is 0 Å². The molecule has 4 nitrogen and oxygen atoms in total. The van der Waals surface area contributed by atoms with Gasteiger partial charge in [0.2, 0.25) is 0 Å². The largest absolute Gasteiger partial charge is 0.479 e. The number of aliphatic carboxylic acids is 1. The molecule has 0 aromatic rings. The molecule has 0 saturated heterocycles. The zero-order chi connectivity index (χ0) is 12.1. The molecule has 0 aromatic heterocycles. The van der Waals surface area contributed by atoms with Crippen LogP contribution in [-0.2, 0) is 14.3 Å². The molecule has 0 rings (SSSR count). The quantitative estimate of drug-likeness (QED) is 0.750. The van der Waals surface area contributed by atoms with E-state index in [0.29, 0.717) is 0 Å². The van der Waals surface area contributed by atoms with Crippen molar-refractivity contribution < 1.29 is 32.5 Å².